The number of amides is 1. The molecule has 2 aliphatic heterocycles. The Morgan fingerprint density at radius 3 is 2.72 bits per heavy atom. The van der Waals surface area contributed by atoms with Crippen LogP contribution >= 0.6 is 11.8 Å². The third-order valence-corrected chi connectivity index (χ3v) is 3.96. The summed E-state index contributed by atoms with van der Waals surface area (Å²) in [4.78, 5) is 24.1. The summed E-state index contributed by atoms with van der Waals surface area (Å²) >= 11 is 1.35. The van der Waals surface area contributed by atoms with Crippen molar-refractivity contribution in [2.24, 2.45) is 0 Å². The molecule has 2 aliphatic rings. The SMILES string of the molecule is O=C(O)C1=CS[C@@H]2/C(=C/c3ccccc3)C(=O)N12. The van der Waals surface area contributed by atoms with Crippen LogP contribution in [0.3, 0.4) is 0 Å². The highest BCUT2D eigenvalue weighted by Crippen LogP contribution is 2.44. The van der Waals surface area contributed by atoms with E-state index in [-0.39, 0.29) is 17.0 Å². The van der Waals surface area contributed by atoms with E-state index in [1.807, 2.05) is 36.4 Å². The molecule has 5 heteroatoms. The van der Waals surface area contributed by atoms with Crippen LogP contribution in [-0.2, 0) is 9.59 Å². The van der Waals surface area contributed by atoms with Crippen molar-refractivity contribution in [1.29, 1.82) is 0 Å². The Bertz CT molecular complexity index is 592. The molecule has 4 nitrogen and oxygen atoms in total. The van der Waals surface area contributed by atoms with Gasteiger partial charge in [-0.3, -0.25) is 9.69 Å². The number of carboxylic acid groups (broad SMARTS) is 1. The molecule has 1 aromatic rings. The Morgan fingerprint density at radius 1 is 1.33 bits per heavy atom. The molecule has 3 rings (SSSR count). The lowest BCUT2D eigenvalue weighted by Gasteiger charge is -2.37. The zero-order valence-corrected chi connectivity index (χ0v) is 10.1. The smallest absolute Gasteiger partial charge is 0.353 e. The van der Waals surface area contributed by atoms with E-state index in [0.717, 1.165) is 5.56 Å². The van der Waals surface area contributed by atoms with Gasteiger partial charge >= 0.3 is 5.97 Å². The van der Waals surface area contributed by atoms with E-state index < -0.39 is 5.97 Å². The number of β-lactam (4-membered cyclic amide) rings is 1. The first-order valence-electron chi connectivity index (χ1n) is 5.37. The average molecular weight is 259 g/mol. The minimum atomic E-state index is -1.06. The van der Waals surface area contributed by atoms with Gasteiger partial charge in [0.05, 0.1) is 5.57 Å². The number of rotatable bonds is 2. The molecule has 1 fully saturated rings. The maximum atomic E-state index is 11.9. The molecule has 0 radical (unpaired) electrons. The van der Waals surface area contributed by atoms with Gasteiger partial charge in [0.1, 0.15) is 11.1 Å². The van der Waals surface area contributed by atoms with Crippen molar-refractivity contribution in [3.8, 4) is 0 Å². The molecule has 2 heterocycles. The summed E-state index contributed by atoms with van der Waals surface area (Å²) in [5.74, 6) is -1.28. The molecule has 18 heavy (non-hydrogen) atoms. The van der Waals surface area contributed by atoms with Gasteiger partial charge in [-0.2, -0.15) is 0 Å². The second kappa shape index (κ2) is 4.03. The Balaban J connectivity index is 1.87. The zero-order valence-electron chi connectivity index (χ0n) is 9.24. The summed E-state index contributed by atoms with van der Waals surface area (Å²) in [5.41, 5.74) is 1.67. The van der Waals surface area contributed by atoms with E-state index in [1.165, 1.54) is 22.1 Å². The van der Waals surface area contributed by atoms with Gasteiger partial charge in [0.25, 0.3) is 5.91 Å². The quantitative estimate of drug-likeness (QED) is 0.651. The van der Waals surface area contributed by atoms with Gasteiger partial charge in [-0.1, -0.05) is 30.3 Å². The minimum Gasteiger partial charge on any atom is -0.477 e. The third-order valence-electron chi connectivity index (χ3n) is 2.88. The second-order valence-corrected chi connectivity index (χ2v) is 4.94. The molecule has 0 aromatic heterocycles. The first kappa shape index (κ1) is 11.1. The topological polar surface area (TPSA) is 57.6 Å². The number of carbonyl (C=O) groups excluding carboxylic acids is 1. The fourth-order valence-corrected chi connectivity index (χ4v) is 3.11. The van der Waals surface area contributed by atoms with Crippen molar-refractivity contribution in [2.45, 2.75) is 5.37 Å². The molecule has 1 atom stereocenters. The molecule has 0 bridgehead atoms. The monoisotopic (exact) mass is 259 g/mol. The number of hydrogen-bond acceptors (Lipinski definition) is 3. The summed E-state index contributed by atoms with van der Waals surface area (Å²) in [6, 6.07) is 9.53. The van der Waals surface area contributed by atoms with Crippen LogP contribution in [0.2, 0.25) is 0 Å². The van der Waals surface area contributed by atoms with Gasteiger partial charge in [0.15, 0.2) is 0 Å². The summed E-state index contributed by atoms with van der Waals surface area (Å²) in [6.45, 7) is 0. The molecule has 0 aliphatic carbocycles. The average Bonchev–Trinajstić information content (AvgIpc) is 2.77. The van der Waals surface area contributed by atoms with Crippen molar-refractivity contribution in [3.05, 3.63) is 52.6 Å². The third kappa shape index (κ3) is 1.55. The number of carboxylic acids is 1. The van der Waals surface area contributed by atoms with Crippen LogP contribution in [-0.4, -0.2) is 27.3 Å². The molecule has 90 valence electrons. The lowest BCUT2D eigenvalue weighted by Crippen LogP contribution is -2.51. The van der Waals surface area contributed by atoms with Crippen LogP contribution in [0.1, 0.15) is 5.56 Å². The van der Waals surface area contributed by atoms with Gasteiger partial charge in [-0.15, -0.1) is 11.8 Å². The lowest BCUT2D eigenvalue weighted by molar-refractivity contribution is -0.141. The van der Waals surface area contributed by atoms with Crippen LogP contribution in [0, 0.1) is 0 Å². The minimum absolute atomic E-state index is 0.0696. The molecule has 1 saturated heterocycles. The largest absolute Gasteiger partial charge is 0.477 e. The van der Waals surface area contributed by atoms with Crippen molar-refractivity contribution in [1.82, 2.24) is 4.90 Å². The lowest BCUT2D eigenvalue weighted by atomic mass is 10.0. The van der Waals surface area contributed by atoms with Crippen LogP contribution in [0.25, 0.3) is 6.08 Å². The van der Waals surface area contributed by atoms with E-state index >= 15 is 0 Å². The summed E-state index contributed by atoms with van der Waals surface area (Å²) in [7, 11) is 0. The Kier molecular flexibility index (Phi) is 2.48. The summed E-state index contributed by atoms with van der Waals surface area (Å²) in [5, 5.41) is 10.3. The zero-order chi connectivity index (χ0) is 12.7. The molecule has 0 unspecified atom stereocenters. The predicted octanol–water partition coefficient (Wildman–Crippen LogP) is 1.91. The fourth-order valence-electron chi connectivity index (χ4n) is 2.00. The predicted molar refractivity (Wildman–Crippen MR) is 68.4 cm³/mol. The van der Waals surface area contributed by atoms with Crippen molar-refractivity contribution in [3.63, 3.8) is 0 Å². The number of fused-ring (bicyclic) bond motifs is 1. The highest BCUT2D eigenvalue weighted by atomic mass is 32.2. The standard InChI is InChI=1S/C13H9NO3S/c15-11-9(6-8-4-2-1-3-5-8)12-14(11)10(7-18-12)13(16)17/h1-7,12H,(H,16,17)/b9-6+/t12-/m1/s1. The number of hydrogen-bond donors (Lipinski definition) is 1. The fraction of sp³-hybridized carbons (Fsp3) is 0.0769. The van der Waals surface area contributed by atoms with E-state index in [1.54, 1.807) is 0 Å². The van der Waals surface area contributed by atoms with Crippen molar-refractivity contribution in [2.75, 3.05) is 0 Å². The van der Waals surface area contributed by atoms with Crippen molar-refractivity contribution < 1.29 is 14.7 Å². The molecule has 0 spiro atoms. The molecular weight excluding hydrogens is 250 g/mol. The maximum Gasteiger partial charge on any atom is 0.353 e. The number of aliphatic carboxylic acids is 1. The van der Waals surface area contributed by atoms with E-state index in [9.17, 15) is 9.59 Å². The van der Waals surface area contributed by atoms with E-state index in [4.69, 9.17) is 5.11 Å². The number of carbonyl (C=O) groups is 2. The van der Waals surface area contributed by atoms with Crippen LogP contribution in [0.15, 0.2) is 47.0 Å². The van der Waals surface area contributed by atoms with Gasteiger partial charge in [-0.25, -0.2) is 4.79 Å². The Morgan fingerprint density at radius 2 is 2.06 bits per heavy atom. The van der Waals surface area contributed by atoms with Crippen molar-refractivity contribution >= 4 is 29.7 Å². The second-order valence-electron chi connectivity index (χ2n) is 3.98. The van der Waals surface area contributed by atoms with Crippen LogP contribution in [0.4, 0.5) is 0 Å². The molecule has 1 aromatic carbocycles. The molecule has 1 N–H and O–H groups in total. The van der Waals surface area contributed by atoms with E-state index in [2.05, 4.69) is 0 Å². The number of nitrogens with zero attached hydrogens (tertiary/aromatic N) is 1. The van der Waals surface area contributed by atoms with Crippen LogP contribution < -0.4 is 0 Å². The highest BCUT2D eigenvalue weighted by molar-refractivity contribution is 8.03. The highest BCUT2D eigenvalue weighted by Gasteiger charge is 2.49. The number of benzene rings is 1. The normalized spacial score (nSPS) is 23.7. The summed E-state index contributed by atoms with van der Waals surface area (Å²) < 4.78 is 0. The van der Waals surface area contributed by atoms with Gasteiger partial charge in [0.2, 0.25) is 0 Å². The molecular formula is C13H9NO3S. The molecule has 1 amide bonds. The Labute approximate surface area is 108 Å². The van der Waals surface area contributed by atoms with Gasteiger partial charge < -0.3 is 5.11 Å². The first-order chi connectivity index (χ1) is 8.68. The van der Waals surface area contributed by atoms with Gasteiger partial charge in [0, 0.05) is 5.41 Å². The molecule has 0 saturated carbocycles. The van der Waals surface area contributed by atoms with Gasteiger partial charge in [-0.05, 0) is 11.6 Å². The number of thioether (sulfide) groups is 1. The maximum absolute atomic E-state index is 11.9. The van der Waals surface area contributed by atoms with E-state index in [0.29, 0.717) is 5.57 Å². The first-order valence-corrected chi connectivity index (χ1v) is 6.32. The summed E-state index contributed by atoms with van der Waals surface area (Å²) in [6.07, 6.45) is 1.81. The Hall–Kier alpha value is -2.01. The van der Waals surface area contributed by atoms with Crippen LogP contribution in [0.5, 0.6) is 0 Å².